The number of carbonyl (C=O) groups is 2. The van der Waals surface area contributed by atoms with Crippen LogP contribution in [0.3, 0.4) is 0 Å². The molecular weight excluding hydrogens is 248 g/mol. The monoisotopic (exact) mass is 272 g/mol. The lowest BCUT2D eigenvalue weighted by Crippen LogP contribution is -2.43. The van der Waals surface area contributed by atoms with E-state index in [0.29, 0.717) is 36.4 Å². The molecule has 2 nitrogen and oxygen atoms in total. The molecule has 0 aliphatic heterocycles. The lowest BCUT2D eigenvalue weighted by molar-refractivity contribution is -0.117. The van der Waals surface area contributed by atoms with Crippen LogP contribution in [0.25, 0.3) is 0 Å². The Hall–Kier alpha value is -1.18. The molecule has 3 atom stereocenters. The summed E-state index contributed by atoms with van der Waals surface area (Å²) in [5, 5.41) is 0. The molecule has 0 amide bonds. The van der Waals surface area contributed by atoms with Crippen LogP contribution in [0.5, 0.6) is 0 Å². The molecule has 0 aromatic heterocycles. The van der Waals surface area contributed by atoms with Gasteiger partial charge in [-0.15, -0.1) is 0 Å². The second-order valence-corrected chi connectivity index (χ2v) is 7.27. The van der Waals surface area contributed by atoms with E-state index in [9.17, 15) is 9.59 Å². The first-order chi connectivity index (χ1) is 9.48. The van der Waals surface area contributed by atoms with Crippen molar-refractivity contribution in [2.45, 2.75) is 52.4 Å². The SMILES string of the molecule is CC1(C)[C@@H]2CCC(=O)C=C2CC[C@H]1[C@H]1C=CC(=O)CC1. The van der Waals surface area contributed by atoms with Gasteiger partial charge in [-0.05, 0) is 61.0 Å². The molecule has 108 valence electrons. The zero-order valence-corrected chi connectivity index (χ0v) is 12.5. The van der Waals surface area contributed by atoms with Crippen molar-refractivity contribution < 1.29 is 9.59 Å². The van der Waals surface area contributed by atoms with Crippen LogP contribution < -0.4 is 0 Å². The minimum Gasteiger partial charge on any atom is -0.295 e. The Bertz CT molecular complexity index is 496. The molecule has 0 unspecified atom stereocenters. The van der Waals surface area contributed by atoms with E-state index < -0.39 is 0 Å². The summed E-state index contributed by atoms with van der Waals surface area (Å²) in [5.41, 5.74) is 1.62. The Balaban J connectivity index is 1.85. The van der Waals surface area contributed by atoms with Crippen molar-refractivity contribution in [3.05, 3.63) is 23.8 Å². The van der Waals surface area contributed by atoms with Gasteiger partial charge in [0, 0.05) is 12.8 Å². The van der Waals surface area contributed by atoms with Crippen LogP contribution in [0, 0.1) is 23.2 Å². The summed E-state index contributed by atoms with van der Waals surface area (Å²) in [4.78, 5) is 23.0. The van der Waals surface area contributed by atoms with Gasteiger partial charge in [-0.2, -0.15) is 0 Å². The smallest absolute Gasteiger partial charge is 0.155 e. The van der Waals surface area contributed by atoms with E-state index in [-0.39, 0.29) is 11.2 Å². The zero-order chi connectivity index (χ0) is 14.3. The highest BCUT2D eigenvalue weighted by Crippen LogP contribution is 2.54. The second kappa shape index (κ2) is 4.98. The van der Waals surface area contributed by atoms with Gasteiger partial charge in [0.15, 0.2) is 11.6 Å². The Labute approximate surface area is 121 Å². The van der Waals surface area contributed by atoms with Gasteiger partial charge in [0.2, 0.25) is 0 Å². The minimum absolute atomic E-state index is 0.236. The summed E-state index contributed by atoms with van der Waals surface area (Å²) in [6.45, 7) is 4.74. The van der Waals surface area contributed by atoms with E-state index in [1.165, 1.54) is 5.57 Å². The lowest BCUT2D eigenvalue weighted by atomic mass is 9.54. The highest BCUT2D eigenvalue weighted by Gasteiger charge is 2.46. The fourth-order valence-corrected chi connectivity index (χ4v) is 4.72. The molecule has 0 saturated heterocycles. The van der Waals surface area contributed by atoms with Gasteiger partial charge < -0.3 is 0 Å². The average Bonchev–Trinajstić information content (AvgIpc) is 2.40. The van der Waals surface area contributed by atoms with E-state index >= 15 is 0 Å². The van der Waals surface area contributed by atoms with Crippen molar-refractivity contribution in [1.82, 2.24) is 0 Å². The predicted octanol–water partition coefficient (Wildman–Crippen LogP) is 3.86. The fraction of sp³-hybridized carbons (Fsp3) is 0.667. The van der Waals surface area contributed by atoms with E-state index in [2.05, 4.69) is 19.9 Å². The summed E-state index contributed by atoms with van der Waals surface area (Å²) in [6.07, 6.45) is 11.5. The van der Waals surface area contributed by atoms with Gasteiger partial charge in [0.25, 0.3) is 0 Å². The Kier molecular flexibility index (Phi) is 3.43. The van der Waals surface area contributed by atoms with Gasteiger partial charge in [-0.3, -0.25) is 9.59 Å². The fourth-order valence-electron chi connectivity index (χ4n) is 4.72. The second-order valence-electron chi connectivity index (χ2n) is 7.27. The summed E-state index contributed by atoms with van der Waals surface area (Å²) >= 11 is 0. The van der Waals surface area contributed by atoms with Crippen molar-refractivity contribution in [3.8, 4) is 0 Å². The molecule has 0 spiro atoms. The van der Waals surface area contributed by atoms with Crippen LogP contribution in [0.1, 0.15) is 52.4 Å². The molecule has 3 aliphatic carbocycles. The van der Waals surface area contributed by atoms with Crippen molar-refractivity contribution in [3.63, 3.8) is 0 Å². The first-order valence-corrected chi connectivity index (χ1v) is 7.93. The molecule has 0 aromatic rings. The Morgan fingerprint density at radius 3 is 2.45 bits per heavy atom. The molecule has 0 heterocycles. The van der Waals surface area contributed by atoms with Crippen LogP contribution in [0.2, 0.25) is 0 Å². The lowest BCUT2D eigenvalue weighted by Gasteiger charge is -2.50. The van der Waals surface area contributed by atoms with E-state index in [1.807, 2.05) is 6.08 Å². The number of rotatable bonds is 1. The number of hydrogen-bond acceptors (Lipinski definition) is 2. The van der Waals surface area contributed by atoms with Crippen LogP contribution in [-0.4, -0.2) is 11.6 Å². The highest BCUT2D eigenvalue weighted by atomic mass is 16.1. The van der Waals surface area contributed by atoms with Crippen LogP contribution in [-0.2, 0) is 9.59 Å². The number of fused-ring (bicyclic) bond motifs is 1. The third kappa shape index (κ3) is 2.30. The minimum atomic E-state index is 0.236. The number of allylic oxidation sites excluding steroid dienone is 4. The van der Waals surface area contributed by atoms with Gasteiger partial charge in [0.1, 0.15) is 0 Å². The largest absolute Gasteiger partial charge is 0.295 e. The molecule has 3 aliphatic rings. The maximum absolute atomic E-state index is 11.6. The zero-order valence-electron chi connectivity index (χ0n) is 12.5. The van der Waals surface area contributed by atoms with Crippen molar-refractivity contribution >= 4 is 11.6 Å². The molecular formula is C18H24O2. The van der Waals surface area contributed by atoms with Crippen molar-refractivity contribution in [1.29, 1.82) is 0 Å². The third-order valence-corrected chi connectivity index (χ3v) is 5.84. The number of ketones is 2. The molecule has 1 saturated carbocycles. The molecule has 2 heteroatoms. The van der Waals surface area contributed by atoms with Crippen LogP contribution in [0.15, 0.2) is 23.8 Å². The van der Waals surface area contributed by atoms with E-state index in [4.69, 9.17) is 0 Å². The molecule has 0 aromatic carbocycles. The first kappa shape index (κ1) is 13.8. The van der Waals surface area contributed by atoms with E-state index in [0.717, 1.165) is 25.7 Å². The van der Waals surface area contributed by atoms with Gasteiger partial charge >= 0.3 is 0 Å². The molecule has 3 rings (SSSR count). The summed E-state index contributed by atoms with van der Waals surface area (Å²) < 4.78 is 0. The first-order valence-electron chi connectivity index (χ1n) is 7.93. The topological polar surface area (TPSA) is 34.1 Å². The normalized spacial score (nSPS) is 36.5. The maximum Gasteiger partial charge on any atom is 0.155 e. The van der Waals surface area contributed by atoms with E-state index in [1.54, 1.807) is 6.08 Å². The Morgan fingerprint density at radius 2 is 1.75 bits per heavy atom. The predicted molar refractivity (Wildman–Crippen MR) is 79.2 cm³/mol. The summed E-state index contributed by atoms with van der Waals surface area (Å²) in [6, 6.07) is 0. The van der Waals surface area contributed by atoms with Crippen molar-refractivity contribution in [2.75, 3.05) is 0 Å². The maximum atomic E-state index is 11.6. The van der Waals surface area contributed by atoms with Crippen LogP contribution in [0.4, 0.5) is 0 Å². The highest BCUT2D eigenvalue weighted by molar-refractivity contribution is 5.91. The van der Waals surface area contributed by atoms with Crippen molar-refractivity contribution in [2.24, 2.45) is 23.2 Å². The molecule has 0 N–H and O–H groups in total. The third-order valence-electron chi connectivity index (χ3n) is 5.84. The van der Waals surface area contributed by atoms with Gasteiger partial charge in [-0.25, -0.2) is 0 Å². The average molecular weight is 272 g/mol. The number of carbonyl (C=O) groups excluding carboxylic acids is 2. The Morgan fingerprint density at radius 1 is 1.00 bits per heavy atom. The standard InChI is InChI=1S/C18H24O2/c1-18(2)16(12-3-6-14(19)7-4-12)9-5-13-11-15(20)8-10-17(13)18/h3,6,11-12,16-17H,4-5,7-10H2,1-2H3/t12-,16-,17+/m0/s1. The van der Waals surface area contributed by atoms with Gasteiger partial charge in [0.05, 0.1) is 0 Å². The van der Waals surface area contributed by atoms with Gasteiger partial charge in [-0.1, -0.05) is 25.5 Å². The number of hydrogen-bond donors (Lipinski definition) is 0. The molecule has 1 fully saturated rings. The van der Waals surface area contributed by atoms with Crippen LogP contribution >= 0.6 is 0 Å². The molecule has 0 radical (unpaired) electrons. The summed E-state index contributed by atoms with van der Waals surface area (Å²) in [7, 11) is 0. The quantitative estimate of drug-likeness (QED) is 0.726. The molecule has 20 heavy (non-hydrogen) atoms. The molecule has 0 bridgehead atoms. The summed E-state index contributed by atoms with van der Waals surface area (Å²) in [5.74, 6) is 2.33.